The number of ether oxygens (including phenoxy) is 2. The average Bonchev–Trinajstić information content (AvgIpc) is 2.16. The summed E-state index contributed by atoms with van der Waals surface area (Å²) in [5, 5.41) is 12.1. The van der Waals surface area contributed by atoms with Crippen molar-refractivity contribution in [3.63, 3.8) is 0 Å². The number of nitrogens with one attached hydrogen (secondary N) is 1. The second-order valence-corrected chi connectivity index (χ2v) is 3.50. The van der Waals surface area contributed by atoms with E-state index in [9.17, 15) is 9.90 Å². The fourth-order valence-electron chi connectivity index (χ4n) is 1.09. The van der Waals surface area contributed by atoms with Crippen LogP contribution < -0.4 is 5.32 Å². The molecule has 90 valence electrons. The Kier molecular flexibility index (Phi) is 6.47. The van der Waals surface area contributed by atoms with E-state index in [-0.39, 0.29) is 19.3 Å². The Hall–Kier alpha value is -0.650. The topological polar surface area (TPSA) is 67.8 Å². The molecule has 15 heavy (non-hydrogen) atoms. The Labute approximate surface area is 90.8 Å². The van der Waals surface area contributed by atoms with E-state index >= 15 is 0 Å². The van der Waals surface area contributed by atoms with Crippen LogP contribution in [0.25, 0.3) is 0 Å². The van der Waals surface area contributed by atoms with Crippen molar-refractivity contribution in [3.8, 4) is 0 Å². The molecule has 0 saturated carbocycles. The lowest BCUT2D eigenvalue weighted by Crippen LogP contribution is -2.43. The molecule has 0 aliphatic heterocycles. The lowest BCUT2D eigenvalue weighted by molar-refractivity contribution is -0.150. The first-order valence-corrected chi connectivity index (χ1v) is 5.11. The van der Waals surface area contributed by atoms with Gasteiger partial charge in [-0.05, 0) is 20.8 Å². The first-order valence-electron chi connectivity index (χ1n) is 5.11. The van der Waals surface area contributed by atoms with Gasteiger partial charge >= 0.3 is 0 Å². The van der Waals surface area contributed by atoms with Gasteiger partial charge in [0.2, 0.25) is 0 Å². The summed E-state index contributed by atoms with van der Waals surface area (Å²) in [6.45, 7) is 5.97. The summed E-state index contributed by atoms with van der Waals surface area (Å²) in [7, 11) is 1.49. The minimum atomic E-state index is -1.39. The molecular formula is C10H21NO4. The van der Waals surface area contributed by atoms with Gasteiger partial charge in [0.1, 0.15) is 5.60 Å². The lowest BCUT2D eigenvalue weighted by atomic mass is 10.0. The maximum atomic E-state index is 11.2. The van der Waals surface area contributed by atoms with Gasteiger partial charge in [-0.15, -0.1) is 0 Å². The molecule has 5 heteroatoms. The first-order chi connectivity index (χ1) is 6.94. The number of carbonyl (C=O) groups is 1. The Balaban J connectivity index is 3.79. The monoisotopic (exact) mass is 219 g/mol. The Bertz CT molecular complexity index is 194. The molecule has 0 aromatic carbocycles. The van der Waals surface area contributed by atoms with E-state index in [1.807, 2.05) is 6.92 Å². The van der Waals surface area contributed by atoms with Crippen LogP contribution in [-0.4, -0.2) is 43.2 Å². The van der Waals surface area contributed by atoms with Crippen molar-refractivity contribution >= 4 is 5.91 Å². The Morgan fingerprint density at radius 3 is 2.60 bits per heavy atom. The highest BCUT2D eigenvalue weighted by molar-refractivity contribution is 5.84. The molecule has 0 fully saturated rings. The molecule has 5 nitrogen and oxygen atoms in total. The summed E-state index contributed by atoms with van der Waals surface area (Å²) in [6, 6.07) is 0. The number of rotatable bonds is 7. The summed E-state index contributed by atoms with van der Waals surface area (Å²) in [5.74, 6) is -0.407. The number of hydrogen-bond acceptors (Lipinski definition) is 4. The highest BCUT2D eigenvalue weighted by Crippen LogP contribution is 2.10. The van der Waals surface area contributed by atoms with Crippen molar-refractivity contribution in [1.29, 1.82) is 0 Å². The molecule has 0 bridgehead atoms. The van der Waals surface area contributed by atoms with Crippen LogP contribution in [0.2, 0.25) is 0 Å². The largest absolute Gasteiger partial charge is 0.380 e. The summed E-state index contributed by atoms with van der Waals surface area (Å²) >= 11 is 0. The molecule has 0 heterocycles. The number of likely N-dealkylation sites (N-methyl/N-ethyl adjacent to an activating group) is 1. The maximum Gasteiger partial charge on any atom is 0.251 e. The first kappa shape index (κ1) is 14.3. The number of amides is 1. The van der Waals surface area contributed by atoms with E-state index in [0.717, 1.165) is 0 Å². The van der Waals surface area contributed by atoms with Crippen LogP contribution in [0.1, 0.15) is 27.2 Å². The average molecular weight is 219 g/mol. The van der Waals surface area contributed by atoms with E-state index in [4.69, 9.17) is 9.47 Å². The van der Waals surface area contributed by atoms with Crippen LogP contribution in [0, 0.1) is 0 Å². The van der Waals surface area contributed by atoms with Gasteiger partial charge in [-0.3, -0.25) is 4.79 Å². The van der Waals surface area contributed by atoms with Gasteiger partial charge in [0.05, 0.1) is 6.61 Å². The van der Waals surface area contributed by atoms with Gasteiger partial charge in [-0.1, -0.05) is 0 Å². The van der Waals surface area contributed by atoms with Crippen LogP contribution in [-0.2, 0) is 14.3 Å². The summed E-state index contributed by atoms with van der Waals surface area (Å²) in [6.07, 6.45) is -0.0696. The van der Waals surface area contributed by atoms with Crippen molar-refractivity contribution < 1.29 is 19.4 Å². The normalized spacial score (nSPS) is 16.9. The zero-order valence-corrected chi connectivity index (χ0v) is 9.87. The van der Waals surface area contributed by atoms with Crippen LogP contribution in [0.4, 0.5) is 0 Å². The van der Waals surface area contributed by atoms with Crippen LogP contribution in [0.3, 0.4) is 0 Å². The van der Waals surface area contributed by atoms with E-state index in [0.29, 0.717) is 6.61 Å². The fourth-order valence-corrected chi connectivity index (χ4v) is 1.09. The van der Waals surface area contributed by atoms with E-state index in [2.05, 4.69) is 5.32 Å². The highest BCUT2D eigenvalue weighted by Gasteiger charge is 2.28. The molecule has 0 rings (SSSR count). The molecule has 2 N–H and O–H groups in total. The molecular weight excluding hydrogens is 198 g/mol. The SMILES string of the molecule is CCOC(C)OCC[C@@](C)(O)C(=O)NC. The predicted molar refractivity (Wildman–Crippen MR) is 56.3 cm³/mol. The zero-order valence-electron chi connectivity index (χ0n) is 9.87. The summed E-state index contributed by atoms with van der Waals surface area (Å²) in [5.41, 5.74) is -1.39. The Morgan fingerprint density at radius 1 is 1.53 bits per heavy atom. The predicted octanol–water partition coefficient (Wildman–Crippen LogP) is 0.273. The second kappa shape index (κ2) is 6.76. The molecule has 1 unspecified atom stereocenters. The van der Waals surface area contributed by atoms with E-state index in [1.54, 1.807) is 6.92 Å². The van der Waals surface area contributed by atoms with Crippen molar-refractivity contribution in [2.24, 2.45) is 0 Å². The smallest absolute Gasteiger partial charge is 0.251 e. The molecule has 0 spiro atoms. The van der Waals surface area contributed by atoms with Crippen molar-refractivity contribution in [3.05, 3.63) is 0 Å². The molecule has 0 aromatic rings. The number of hydrogen-bond donors (Lipinski definition) is 2. The third-order valence-electron chi connectivity index (χ3n) is 2.06. The third-order valence-corrected chi connectivity index (χ3v) is 2.06. The number of carbonyl (C=O) groups excluding carboxylic acids is 1. The van der Waals surface area contributed by atoms with Crippen molar-refractivity contribution in [1.82, 2.24) is 5.32 Å². The molecule has 0 aliphatic carbocycles. The highest BCUT2D eigenvalue weighted by atomic mass is 16.7. The fraction of sp³-hybridized carbons (Fsp3) is 0.900. The van der Waals surface area contributed by atoms with Crippen molar-refractivity contribution in [2.75, 3.05) is 20.3 Å². The molecule has 0 saturated heterocycles. The number of aliphatic hydroxyl groups is 1. The lowest BCUT2D eigenvalue weighted by Gasteiger charge is -2.22. The molecule has 0 aliphatic rings. The van der Waals surface area contributed by atoms with Crippen molar-refractivity contribution in [2.45, 2.75) is 39.1 Å². The van der Waals surface area contributed by atoms with Crippen LogP contribution in [0.5, 0.6) is 0 Å². The molecule has 2 atom stereocenters. The standard InChI is InChI=1S/C10H21NO4/c1-5-14-8(2)15-7-6-10(3,13)9(12)11-4/h8,13H,5-7H2,1-4H3,(H,11,12)/t8?,10-/m1/s1. The van der Waals surface area contributed by atoms with Gasteiger partial charge < -0.3 is 19.9 Å². The van der Waals surface area contributed by atoms with Gasteiger partial charge in [-0.25, -0.2) is 0 Å². The van der Waals surface area contributed by atoms with E-state index < -0.39 is 11.5 Å². The molecule has 0 aromatic heterocycles. The minimum Gasteiger partial charge on any atom is -0.380 e. The van der Waals surface area contributed by atoms with Gasteiger partial charge in [0, 0.05) is 20.1 Å². The van der Waals surface area contributed by atoms with Gasteiger partial charge in [0.15, 0.2) is 6.29 Å². The van der Waals surface area contributed by atoms with Gasteiger partial charge in [-0.2, -0.15) is 0 Å². The Morgan fingerprint density at radius 2 is 2.13 bits per heavy atom. The molecule has 0 radical (unpaired) electrons. The minimum absolute atomic E-state index is 0.240. The van der Waals surface area contributed by atoms with Crippen LogP contribution in [0.15, 0.2) is 0 Å². The summed E-state index contributed by atoms with van der Waals surface area (Å²) < 4.78 is 10.4. The second-order valence-electron chi connectivity index (χ2n) is 3.50. The zero-order chi connectivity index (χ0) is 11.9. The maximum absolute atomic E-state index is 11.2. The van der Waals surface area contributed by atoms with Crippen LogP contribution >= 0.6 is 0 Å². The summed E-state index contributed by atoms with van der Waals surface area (Å²) in [4.78, 5) is 11.2. The van der Waals surface area contributed by atoms with E-state index in [1.165, 1.54) is 14.0 Å². The quantitative estimate of drug-likeness (QED) is 0.603. The third kappa shape index (κ3) is 5.71. The van der Waals surface area contributed by atoms with Gasteiger partial charge in [0.25, 0.3) is 5.91 Å². The molecule has 1 amide bonds.